The highest BCUT2D eigenvalue weighted by molar-refractivity contribution is 14.0. The Morgan fingerprint density at radius 1 is 1.29 bits per heavy atom. The lowest BCUT2D eigenvalue weighted by molar-refractivity contribution is 0.182. The van der Waals surface area contributed by atoms with Crippen LogP contribution in [0.2, 0.25) is 0 Å². The van der Waals surface area contributed by atoms with Crippen LogP contribution in [0.5, 0.6) is 0 Å². The first-order chi connectivity index (χ1) is 11.1. The average molecular weight is 449 g/mol. The smallest absolute Gasteiger partial charge is 0.189 e. The number of hydrogen-bond acceptors (Lipinski definition) is 3. The number of methoxy groups -OCH3 is 1. The maximum atomic E-state index is 6.08. The van der Waals surface area contributed by atoms with Gasteiger partial charge in [-0.1, -0.05) is 25.7 Å². The number of aromatic nitrogens is 2. The summed E-state index contributed by atoms with van der Waals surface area (Å²) in [5.74, 6) is 0.556. The molecule has 0 aliphatic heterocycles. The second-order valence-electron chi connectivity index (χ2n) is 6.40. The molecule has 6 nitrogen and oxygen atoms in total. The zero-order valence-corrected chi connectivity index (χ0v) is 17.5. The molecule has 24 heavy (non-hydrogen) atoms. The van der Waals surface area contributed by atoms with Crippen molar-refractivity contribution in [1.29, 1.82) is 0 Å². The number of halogens is 1. The Kier molecular flexibility index (Phi) is 9.65. The van der Waals surface area contributed by atoms with E-state index < -0.39 is 0 Å². The third-order valence-electron chi connectivity index (χ3n) is 4.65. The van der Waals surface area contributed by atoms with Gasteiger partial charge in [0, 0.05) is 24.4 Å². The molecule has 1 saturated carbocycles. The maximum absolute atomic E-state index is 6.08. The number of aryl methyl sites for hydroxylation is 1. The summed E-state index contributed by atoms with van der Waals surface area (Å²) in [7, 11) is 1.71. The van der Waals surface area contributed by atoms with E-state index in [1.54, 1.807) is 7.11 Å². The van der Waals surface area contributed by atoms with Crippen LogP contribution < -0.4 is 11.1 Å². The fourth-order valence-corrected chi connectivity index (χ4v) is 3.20. The fraction of sp³-hybridized carbons (Fsp3) is 0.765. The van der Waals surface area contributed by atoms with Gasteiger partial charge in [0.05, 0.1) is 25.4 Å². The van der Waals surface area contributed by atoms with Gasteiger partial charge in [-0.15, -0.1) is 24.0 Å². The minimum atomic E-state index is 0. The third kappa shape index (κ3) is 6.23. The molecule has 2 rings (SSSR count). The predicted octanol–water partition coefficient (Wildman–Crippen LogP) is 2.89. The quantitative estimate of drug-likeness (QED) is 0.303. The molecule has 7 heteroatoms. The predicted molar refractivity (Wildman–Crippen MR) is 109 cm³/mol. The Balaban J connectivity index is 0.00000288. The standard InChI is InChI=1S/C17H31N5O.HI/c1-13-16(14(2)22(21-13)10-11-23-3)12-19-17(18)20-15-8-6-4-5-7-9-15;/h15H,4-12H2,1-3H3,(H3,18,19,20);1H. The first-order valence-electron chi connectivity index (χ1n) is 8.70. The Labute approximate surface area is 162 Å². The SMILES string of the molecule is COCCn1nc(C)c(CN=C(N)NC2CCCCCC2)c1C.I. The van der Waals surface area contributed by atoms with Gasteiger partial charge in [0.2, 0.25) is 0 Å². The summed E-state index contributed by atoms with van der Waals surface area (Å²) in [4.78, 5) is 4.53. The number of ether oxygens (including phenoxy) is 1. The summed E-state index contributed by atoms with van der Waals surface area (Å²) in [6.45, 7) is 6.11. The Morgan fingerprint density at radius 3 is 2.58 bits per heavy atom. The highest BCUT2D eigenvalue weighted by Gasteiger charge is 2.13. The zero-order valence-electron chi connectivity index (χ0n) is 15.2. The highest BCUT2D eigenvalue weighted by atomic mass is 127. The molecule has 0 radical (unpaired) electrons. The van der Waals surface area contributed by atoms with Crippen LogP contribution in [0, 0.1) is 13.8 Å². The number of aliphatic imine (C=N–C) groups is 1. The van der Waals surface area contributed by atoms with E-state index in [4.69, 9.17) is 10.5 Å². The van der Waals surface area contributed by atoms with Crippen molar-refractivity contribution < 1.29 is 4.74 Å². The Hall–Kier alpha value is -0.830. The van der Waals surface area contributed by atoms with E-state index in [9.17, 15) is 0 Å². The molecule has 1 aromatic heterocycles. The van der Waals surface area contributed by atoms with Crippen LogP contribution in [0.25, 0.3) is 0 Å². The van der Waals surface area contributed by atoms with Crippen LogP contribution in [0.3, 0.4) is 0 Å². The van der Waals surface area contributed by atoms with Crippen molar-refractivity contribution in [2.24, 2.45) is 10.7 Å². The summed E-state index contributed by atoms with van der Waals surface area (Å²) < 4.78 is 7.11. The number of guanidine groups is 1. The molecule has 1 heterocycles. The average Bonchev–Trinajstić information content (AvgIpc) is 2.71. The lowest BCUT2D eigenvalue weighted by atomic mass is 10.1. The van der Waals surface area contributed by atoms with Crippen LogP contribution in [0.4, 0.5) is 0 Å². The van der Waals surface area contributed by atoms with E-state index in [0.29, 0.717) is 25.2 Å². The third-order valence-corrected chi connectivity index (χ3v) is 4.65. The largest absolute Gasteiger partial charge is 0.383 e. The van der Waals surface area contributed by atoms with E-state index >= 15 is 0 Å². The lowest BCUT2D eigenvalue weighted by Crippen LogP contribution is -2.39. The van der Waals surface area contributed by atoms with Crippen molar-refractivity contribution in [1.82, 2.24) is 15.1 Å². The zero-order chi connectivity index (χ0) is 16.7. The van der Waals surface area contributed by atoms with Crippen LogP contribution in [-0.2, 0) is 17.8 Å². The monoisotopic (exact) mass is 449 g/mol. The number of nitrogens with one attached hydrogen (secondary N) is 1. The van der Waals surface area contributed by atoms with E-state index in [1.165, 1.54) is 38.5 Å². The molecule has 1 aliphatic carbocycles. The molecule has 0 unspecified atom stereocenters. The second kappa shape index (κ2) is 10.9. The normalized spacial score (nSPS) is 16.5. The highest BCUT2D eigenvalue weighted by Crippen LogP contribution is 2.17. The molecular formula is C17H32IN5O. The van der Waals surface area contributed by atoms with Gasteiger partial charge in [-0.3, -0.25) is 4.68 Å². The van der Waals surface area contributed by atoms with Gasteiger partial charge in [-0.25, -0.2) is 4.99 Å². The molecular weight excluding hydrogens is 417 g/mol. The molecule has 0 saturated heterocycles. The van der Waals surface area contributed by atoms with Crippen molar-refractivity contribution in [3.8, 4) is 0 Å². The molecule has 0 bridgehead atoms. The van der Waals surface area contributed by atoms with E-state index in [-0.39, 0.29) is 24.0 Å². The van der Waals surface area contributed by atoms with Crippen molar-refractivity contribution in [3.63, 3.8) is 0 Å². The van der Waals surface area contributed by atoms with Gasteiger partial charge in [0.1, 0.15) is 0 Å². The minimum absolute atomic E-state index is 0. The van der Waals surface area contributed by atoms with Crippen LogP contribution in [0.15, 0.2) is 4.99 Å². The number of rotatable bonds is 6. The summed E-state index contributed by atoms with van der Waals surface area (Å²) >= 11 is 0. The van der Waals surface area contributed by atoms with Crippen molar-refractivity contribution >= 4 is 29.9 Å². The first-order valence-corrected chi connectivity index (χ1v) is 8.70. The second-order valence-corrected chi connectivity index (χ2v) is 6.40. The molecule has 3 N–H and O–H groups in total. The van der Waals surface area contributed by atoms with Gasteiger partial charge in [0.25, 0.3) is 0 Å². The lowest BCUT2D eigenvalue weighted by Gasteiger charge is -2.16. The van der Waals surface area contributed by atoms with Crippen LogP contribution >= 0.6 is 24.0 Å². The Morgan fingerprint density at radius 2 is 1.96 bits per heavy atom. The molecule has 0 spiro atoms. The summed E-state index contributed by atoms with van der Waals surface area (Å²) in [5.41, 5.74) is 9.40. The van der Waals surface area contributed by atoms with Crippen molar-refractivity contribution in [2.75, 3.05) is 13.7 Å². The Bertz CT molecular complexity index is 521. The topological polar surface area (TPSA) is 77.5 Å². The maximum Gasteiger partial charge on any atom is 0.189 e. The van der Waals surface area contributed by atoms with Crippen molar-refractivity contribution in [3.05, 3.63) is 17.0 Å². The summed E-state index contributed by atoms with van der Waals surface area (Å²) in [5, 5.41) is 7.95. The fourth-order valence-electron chi connectivity index (χ4n) is 3.20. The van der Waals surface area contributed by atoms with Gasteiger partial charge in [0.15, 0.2) is 5.96 Å². The summed E-state index contributed by atoms with van der Waals surface area (Å²) in [6.07, 6.45) is 7.65. The minimum Gasteiger partial charge on any atom is -0.383 e. The first kappa shape index (κ1) is 21.2. The molecule has 0 atom stereocenters. The molecule has 1 fully saturated rings. The van der Waals surface area contributed by atoms with Gasteiger partial charge >= 0.3 is 0 Å². The van der Waals surface area contributed by atoms with Gasteiger partial charge in [-0.2, -0.15) is 5.10 Å². The molecule has 0 amide bonds. The number of hydrogen-bond donors (Lipinski definition) is 2. The van der Waals surface area contributed by atoms with Crippen LogP contribution in [-0.4, -0.2) is 35.5 Å². The van der Waals surface area contributed by atoms with Crippen molar-refractivity contribution in [2.45, 2.75) is 71.5 Å². The molecule has 138 valence electrons. The van der Waals surface area contributed by atoms with E-state index in [0.717, 1.165) is 23.5 Å². The van der Waals surface area contributed by atoms with Gasteiger partial charge in [-0.05, 0) is 26.7 Å². The van der Waals surface area contributed by atoms with E-state index in [2.05, 4.69) is 22.3 Å². The van der Waals surface area contributed by atoms with E-state index in [1.807, 2.05) is 11.6 Å². The molecule has 1 aromatic rings. The number of nitrogens with two attached hydrogens (primary N) is 1. The summed E-state index contributed by atoms with van der Waals surface area (Å²) in [6, 6.07) is 0.480. The van der Waals surface area contributed by atoms with Gasteiger partial charge < -0.3 is 15.8 Å². The number of nitrogens with zero attached hydrogens (tertiary/aromatic N) is 3. The molecule has 0 aromatic carbocycles. The van der Waals surface area contributed by atoms with Crippen LogP contribution in [0.1, 0.15) is 55.5 Å². The molecule has 1 aliphatic rings.